The molecule has 9 heteroatoms. The zero-order valence-corrected chi connectivity index (χ0v) is 18.7. The van der Waals surface area contributed by atoms with Gasteiger partial charge in [0.25, 0.3) is 11.8 Å². The van der Waals surface area contributed by atoms with Gasteiger partial charge in [0.1, 0.15) is 11.5 Å². The Bertz CT molecular complexity index is 1180. The van der Waals surface area contributed by atoms with Gasteiger partial charge in [-0.3, -0.25) is 14.9 Å². The van der Waals surface area contributed by atoms with E-state index in [0.717, 1.165) is 21.7 Å². The quantitative estimate of drug-likeness (QED) is 0.573. The van der Waals surface area contributed by atoms with Crippen LogP contribution < -0.4 is 20.1 Å². The normalized spacial score (nSPS) is 15.0. The molecule has 2 aromatic carbocycles. The molecule has 3 aromatic rings. The Kier molecular flexibility index (Phi) is 5.84. The van der Waals surface area contributed by atoms with Crippen LogP contribution in [0.4, 0.5) is 10.8 Å². The van der Waals surface area contributed by atoms with Crippen molar-refractivity contribution in [3.05, 3.63) is 51.9 Å². The van der Waals surface area contributed by atoms with Crippen molar-refractivity contribution in [2.24, 2.45) is 0 Å². The molecule has 1 aromatic heterocycles. The van der Waals surface area contributed by atoms with Gasteiger partial charge >= 0.3 is 0 Å². The van der Waals surface area contributed by atoms with Crippen molar-refractivity contribution in [1.29, 1.82) is 0 Å². The average molecular weight is 458 g/mol. The molecule has 7 nitrogen and oxygen atoms in total. The summed E-state index contributed by atoms with van der Waals surface area (Å²) >= 11 is 7.37. The van der Waals surface area contributed by atoms with Gasteiger partial charge in [-0.15, -0.1) is 11.3 Å². The first kappa shape index (κ1) is 21.1. The van der Waals surface area contributed by atoms with Crippen molar-refractivity contribution < 1.29 is 19.1 Å². The highest BCUT2D eigenvalue weighted by Gasteiger charge is 2.24. The Morgan fingerprint density at radius 3 is 2.87 bits per heavy atom. The second-order valence-electron chi connectivity index (χ2n) is 7.13. The molecule has 1 unspecified atom stereocenters. The van der Waals surface area contributed by atoms with E-state index in [-0.39, 0.29) is 18.4 Å². The van der Waals surface area contributed by atoms with E-state index in [1.54, 1.807) is 31.2 Å². The highest BCUT2D eigenvalue weighted by Crippen LogP contribution is 2.37. The minimum atomic E-state index is -0.528. The molecule has 1 atom stereocenters. The molecule has 2 N–H and O–H groups in total. The molecule has 4 rings (SSSR count). The van der Waals surface area contributed by atoms with Gasteiger partial charge in [0.15, 0.2) is 17.8 Å². The first-order chi connectivity index (χ1) is 14.8. The predicted molar refractivity (Wildman–Crippen MR) is 121 cm³/mol. The molecule has 2 amide bonds. The van der Waals surface area contributed by atoms with E-state index in [2.05, 4.69) is 15.6 Å². The highest BCUT2D eigenvalue weighted by molar-refractivity contribution is 7.16. The fourth-order valence-corrected chi connectivity index (χ4v) is 4.05. The maximum Gasteiger partial charge on any atom is 0.265 e. The van der Waals surface area contributed by atoms with Crippen molar-refractivity contribution in [3.8, 4) is 22.8 Å². The fourth-order valence-electron chi connectivity index (χ4n) is 3.08. The van der Waals surface area contributed by atoms with Crippen LogP contribution >= 0.6 is 22.9 Å². The molecule has 1 aliphatic heterocycles. The summed E-state index contributed by atoms with van der Waals surface area (Å²) in [5, 5.41) is 6.72. The summed E-state index contributed by atoms with van der Waals surface area (Å²) in [5.41, 5.74) is 3.02. The largest absolute Gasteiger partial charge is 0.484 e. The molecule has 1 aliphatic rings. The van der Waals surface area contributed by atoms with E-state index in [1.165, 1.54) is 11.3 Å². The van der Waals surface area contributed by atoms with Crippen LogP contribution in [0.3, 0.4) is 0 Å². The lowest BCUT2D eigenvalue weighted by molar-refractivity contribution is -0.122. The number of ether oxygens (including phenoxy) is 2. The van der Waals surface area contributed by atoms with E-state index in [9.17, 15) is 9.59 Å². The van der Waals surface area contributed by atoms with Gasteiger partial charge in [0.05, 0.1) is 11.4 Å². The van der Waals surface area contributed by atoms with E-state index >= 15 is 0 Å². The van der Waals surface area contributed by atoms with Crippen molar-refractivity contribution >= 4 is 45.6 Å². The van der Waals surface area contributed by atoms with Crippen LogP contribution in [-0.2, 0) is 9.59 Å². The second kappa shape index (κ2) is 8.56. The molecule has 0 saturated heterocycles. The van der Waals surface area contributed by atoms with Gasteiger partial charge < -0.3 is 14.8 Å². The van der Waals surface area contributed by atoms with Gasteiger partial charge in [-0.25, -0.2) is 4.98 Å². The molecule has 0 spiro atoms. The third-order valence-corrected chi connectivity index (χ3v) is 6.04. The zero-order valence-electron chi connectivity index (χ0n) is 17.1. The number of aryl methyl sites for hydroxylation is 2. The van der Waals surface area contributed by atoms with Gasteiger partial charge in [0.2, 0.25) is 0 Å². The highest BCUT2D eigenvalue weighted by atomic mass is 35.5. The Morgan fingerprint density at radius 1 is 1.29 bits per heavy atom. The number of nitrogens with one attached hydrogen (secondary N) is 2. The number of hydrogen-bond donors (Lipinski definition) is 2. The third kappa shape index (κ3) is 4.65. The lowest BCUT2D eigenvalue weighted by Crippen LogP contribution is -2.34. The standard InChI is InChI=1S/C22H20ClN3O4S/c1-11-8-15(5-6-16(11)23)29-10-19(27)25-22-26-20(13(3)31-22)14-4-7-18-17(9-14)24-21(28)12(2)30-18/h4-9,12H,10H2,1-3H3,(H,24,28)(H,25,26,27). The number of aromatic nitrogens is 1. The minimum Gasteiger partial charge on any atom is -0.484 e. The summed E-state index contributed by atoms with van der Waals surface area (Å²) in [6.07, 6.45) is -0.528. The van der Waals surface area contributed by atoms with E-state index in [4.69, 9.17) is 21.1 Å². The van der Waals surface area contributed by atoms with Crippen LogP contribution in [0.15, 0.2) is 36.4 Å². The maximum absolute atomic E-state index is 12.3. The second-order valence-corrected chi connectivity index (χ2v) is 8.74. The number of thiazole rings is 1. The molecule has 0 radical (unpaired) electrons. The Balaban J connectivity index is 1.44. The van der Waals surface area contributed by atoms with Gasteiger partial charge in [-0.2, -0.15) is 0 Å². The van der Waals surface area contributed by atoms with Crippen LogP contribution in [-0.4, -0.2) is 29.5 Å². The lowest BCUT2D eigenvalue weighted by atomic mass is 10.1. The minimum absolute atomic E-state index is 0.143. The van der Waals surface area contributed by atoms with Crippen LogP contribution in [0.5, 0.6) is 11.5 Å². The van der Waals surface area contributed by atoms with Crippen molar-refractivity contribution in [3.63, 3.8) is 0 Å². The Labute approximate surface area is 188 Å². The number of halogens is 1. The molecular formula is C22H20ClN3O4S. The van der Waals surface area contributed by atoms with Crippen LogP contribution in [0, 0.1) is 13.8 Å². The topological polar surface area (TPSA) is 89.5 Å². The number of anilines is 2. The van der Waals surface area contributed by atoms with E-state index in [1.807, 2.05) is 26.0 Å². The summed E-state index contributed by atoms with van der Waals surface area (Å²) in [5.74, 6) is 0.684. The number of fused-ring (bicyclic) bond motifs is 1. The van der Waals surface area contributed by atoms with Gasteiger partial charge in [-0.1, -0.05) is 11.6 Å². The number of hydrogen-bond acceptors (Lipinski definition) is 6. The van der Waals surface area contributed by atoms with E-state index < -0.39 is 6.10 Å². The molecule has 0 bridgehead atoms. The summed E-state index contributed by atoms with van der Waals surface area (Å²) < 4.78 is 11.1. The molecule has 31 heavy (non-hydrogen) atoms. The predicted octanol–water partition coefficient (Wildman–Crippen LogP) is 4.82. The monoisotopic (exact) mass is 457 g/mol. The summed E-state index contributed by atoms with van der Waals surface area (Å²) in [6, 6.07) is 10.7. The van der Waals surface area contributed by atoms with Crippen LogP contribution in [0.1, 0.15) is 17.4 Å². The number of nitrogens with zero attached hydrogens (tertiary/aromatic N) is 1. The van der Waals surface area contributed by atoms with Crippen molar-refractivity contribution in [2.75, 3.05) is 17.2 Å². The molecule has 2 heterocycles. The van der Waals surface area contributed by atoms with Crippen molar-refractivity contribution in [1.82, 2.24) is 4.98 Å². The molecular weight excluding hydrogens is 438 g/mol. The molecule has 0 saturated carbocycles. The smallest absolute Gasteiger partial charge is 0.265 e. The number of carbonyl (C=O) groups is 2. The fraction of sp³-hybridized carbons (Fsp3) is 0.227. The van der Waals surface area contributed by atoms with Gasteiger partial charge in [-0.05, 0) is 62.7 Å². The average Bonchev–Trinajstić information content (AvgIpc) is 3.09. The third-order valence-electron chi connectivity index (χ3n) is 4.73. The first-order valence-electron chi connectivity index (χ1n) is 9.58. The van der Waals surface area contributed by atoms with Gasteiger partial charge in [0, 0.05) is 15.5 Å². The van der Waals surface area contributed by atoms with Crippen LogP contribution in [0.2, 0.25) is 5.02 Å². The summed E-state index contributed by atoms with van der Waals surface area (Å²) in [6.45, 7) is 5.35. The Morgan fingerprint density at radius 2 is 2.10 bits per heavy atom. The summed E-state index contributed by atoms with van der Waals surface area (Å²) in [7, 11) is 0. The number of carbonyl (C=O) groups excluding carboxylic acids is 2. The van der Waals surface area contributed by atoms with E-state index in [0.29, 0.717) is 27.3 Å². The number of amides is 2. The molecule has 160 valence electrons. The zero-order chi connectivity index (χ0) is 22.1. The molecule has 0 aliphatic carbocycles. The SMILES string of the molecule is Cc1cc(OCC(=O)Nc2nc(-c3ccc4c(c3)NC(=O)C(C)O4)c(C)s2)ccc1Cl. The lowest BCUT2D eigenvalue weighted by Gasteiger charge is -2.23. The number of benzene rings is 2. The number of rotatable bonds is 5. The summed E-state index contributed by atoms with van der Waals surface area (Å²) in [4.78, 5) is 29.6. The molecule has 0 fully saturated rings. The van der Waals surface area contributed by atoms with Crippen molar-refractivity contribution in [2.45, 2.75) is 26.9 Å². The maximum atomic E-state index is 12.3. The van der Waals surface area contributed by atoms with Crippen LogP contribution in [0.25, 0.3) is 11.3 Å². The Hall–Kier alpha value is -3.10. The first-order valence-corrected chi connectivity index (χ1v) is 10.8.